The molecule has 1 aromatic heterocycles. The molecule has 1 aromatic carbocycles. The van der Waals surface area contributed by atoms with E-state index >= 15 is 0 Å². The summed E-state index contributed by atoms with van der Waals surface area (Å²) in [6, 6.07) is 6.23. The lowest BCUT2D eigenvalue weighted by Gasteiger charge is -2.12. The highest BCUT2D eigenvalue weighted by atomic mass is 16.3. The molecule has 0 bridgehead atoms. The monoisotopic (exact) mass is 274 g/mol. The van der Waals surface area contributed by atoms with Crippen molar-refractivity contribution in [3.8, 4) is 5.75 Å². The lowest BCUT2D eigenvalue weighted by Crippen LogP contribution is -2.29. The van der Waals surface area contributed by atoms with Gasteiger partial charge in [0.2, 0.25) is 0 Å². The van der Waals surface area contributed by atoms with Crippen LogP contribution in [-0.4, -0.2) is 28.0 Å². The van der Waals surface area contributed by atoms with Gasteiger partial charge >= 0.3 is 0 Å². The van der Waals surface area contributed by atoms with Gasteiger partial charge in [-0.2, -0.15) is 0 Å². The van der Waals surface area contributed by atoms with Crippen molar-refractivity contribution >= 4 is 16.7 Å². The second-order valence-corrected chi connectivity index (χ2v) is 5.08. The molecule has 0 atom stereocenters. The summed E-state index contributed by atoms with van der Waals surface area (Å²) in [5.74, 6) is -0.0732. The first-order chi connectivity index (χ1) is 9.41. The fraction of sp³-hybridized carbons (Fsp3) is 0.333. The van der Waals surface area contributed by atoms with Crippen molar-refractivity contribution in [3.05, 3.63) is 40.2 Å². The summed E-state index contributed by atoms with van der Waals surface area (Å²) >= 11 is 0. The van der Waals surface area contributed by atoms with E-state index in [0.717, 1.165) is 0 Å². The van der Waals surface area contributed by atoms with Crippen molar-refractivity contribution in [3.63, 3.8) is 0 Å². The molecule has 0 saturated carbocycles. The Hall–Kier alpha value is -2.14. The van der Waals surface area contributed by atoms with Crippen LogP contribution in [0.3, 0.4) is 0 Å². The summed E-state index contributed by atoms with van der Waals surface area (Å²) in [6.07, 6.45) is 0. The summed E-state index contributed by atoms with van der Waals surface area (Å²) in [4.78, 5) is 23.9. The van der Waals surface area contributed by atoms with Crippen molar-refractivity contribution in [2.45, 2.75) is 19.9 Å². The predicted octanol–water partition coefficient (Wildman–Crippen LogP) is 1.42. The number of carbonyl (C=O) groups excluding carboxylic acids is 1. The van der Waals surface area contributed by atoms with Crippen LogP contribution in [0.5, 0.6) is 5.75 Å². The molecule has 5 nitrogen and oxygen atoms in total. The summed E-state index contributed by atoms with van der Waals surface area (Å²) in [5, 5.41) is 13.6. The highest BCUT2D eigenvalue weighted by molar-refractivity contribution is 6.09. The van der Waals surface area contributed by atoms with E-state index in [0.29, 0.717) is 16.5 Å². The maximum Gasteiger partial charge on any atom is 0.250 e. The van der Waals surface area contributed by atoms with E-state index in [1.54, 1.807) is 19.2 Å². The van der Waals surface area contributed by atoms with E-state index in [2.05, 4.69) is 5.32 Å². The topological polar surface area (TPSA) is 71.3 Å². The number of aromatic nitrogens is 1. The third-order valence-electron chi connectivity index (χ3n) is 3.23. The minimum absolute atomic E-state index is 0.00595. The Bertz CT molecular complexity index is 717. The Morgan fingerprint density at radius 3 is 2.65 bits per heavy atom. The number of aryl methyl sites for hydroxylation is 1. The van der Waals surface area contributed by atoms with E-state index < -0.39 is 0 Å². The van der Waals surface area contributed by atoms with Crippen LogP contribution in [0.25, 0.3) is 10.9 Å². The minimum Gasteiger partial charge on any atom is -0.506 e. The Morgan fingerprint density at radius 2 is 2.00 bits per heavy atom. The average Bonchev–Trinajstić information content (AvgIpc) is 2.40. The molecule has 0 unspecified atom stereocenters. The largest absolute Gasteiger partial charge is 0.506 e. The van der Waals surface area contributed by atoms with E-state index in [1.165, 1.54) is 16.7 Å². The number of pyridine rings is 1. The number of nitrogens with zero attached hydrogens (tertiary/aromatic N) is 1. The molecule has 5 heteroatoms. The van der Waals surface area contributed by atoms with Crippen LogP contribution in [0.4, 0.5) is 0 Å². The zero-order valence-electron chi connectivity index (χ0n) is 11.8. The molecule has 2 aromatic rings. The fourth-order valence-electron chi connectivity index (χ4n) is 2.13. The number of carbonyl (C=O) groups is 1. The maximum atomic E-state index is 12.2. The number of ketones is 1. The lowest BCUT2D eigenvalue weighted by molar-refractivity contribution is 0.0990. The van der Waals surface area contributed by atoms with Gasteiger partial charge in [-0.3, -0.25) is 9.59 Å². The lowest BCUT2D eigenvalue weighted by atomic mass is 10.0. The van der Waals surface area contributed by atoms with Gasteiger partial charge in [0.25, 0.3) is 5.56 Å². The molecule has 1 heterocycles. The van der Waals surface area contributed by atoms with Gasteiger partial charge in [-0.25, -0.2) is 0 Å². The molecule has 0 aliphatic heterocycles. The Kier molecular flexibility index (Phi) is 3.90. The predicted molar refractivity (Wildman–Crippen MR) is 78.3 cm³/mol. The molecule has 0 radical (unpaired) electrons. The van der Waals surface area contributed by atoms with Crippen molar-refractivity contribution in [1.29, 1.82) is 0 Å². The van der Waals surface area contributed by atoms with Gasteiger partial charge in [-0.1, -0.05) is 13.8 Å². The smallest absolute Gasteiger partial charge is 0.250 e. The zero-order chi connectivity index (χ0) is 14.9. The Balaban J connectivity index is 2.56. The second kappa shape index (κ2) is 5.46. The van der Waals surface area contributed by atoms with Crippen molar-refractivity contribution < 1.29 is 9.90 Å². The van der Waals surface area contributed by atoms with Crippen LogP contribution >= 0.6 is 0 Å². The van der Waals surface area contributed by atoms with E-state index in [4.69, 9.17) is 0 Å². The normalized spacial score (nSPS) is 11.2. The molecule has 2 rings (SSSR count). The standard InChI is InChI=1S/C15H18N2O3/c1-9(2)16-8-13(19)10-4-6-12(18)15-11(10)5-7-14(20)17(15)3/h4-7,9,16,18H,8H2,1-3H3. The highest BCUT2D eigenvalue weighted by Crippen LogP contribution is 2.26. The van der Waals surface area contributed by atoms with Crippen molar-refractivity contribution in [2.24, 2.45) is 7.05 Å². The number of fused-ring (bicyclic) bond motifs is 1. The zero-order valence-corrected chi connectivity index (χ0v) is 11.8. The number of benzene rings is 1. The molecule has 0 saturated heterocycles. The molecule has 0 amide bonds. The van der Waals surface area contributed by atoms with Crippen molar-refractivity contribution in [1.82, 2.24) is 9.88 Å². The van der Waals surface area contributed by atoms with Gasteiger partial charge in [-0.15, -0.1) is 0 Å². The average molecular weight is 274 g/mol. The molecular formula is C15H18N2O3. The molecule has 0 fully saturated rings. The van der Waals surface area contributed by atoms with Gasteiger partial charge in [0, 0.05) is 30.1 Å². The number of rotatable bonds is 4. The quantitative estimate of drug-likeness (QED) is 0.827. The maximum absolute atomic E-state index is 12.2. The summed E-state index contributed by atoms with van der Waals surface area (Å²) in [5.41, 5.74) is 0.659. The summed E-state index contributed by atoms with van der Waals surface area (Å²) < 4.78 is 1.34. The number of aromatic hydroxyl groups is 1. The van der Waals surface area contributed by atoms with Crippen LogP contribution in [0.15, 0.2) is 29.1 Å². The SMILES string of the molecule is CC(C)NCC(=O)c1ccc(O)c2c1ccc(=O)n2C. The highest BCUT2D eigenvalue weighted by Gasteiger charge is 2.14. The second-order valence-electron chi connectivity index (χ2n) is 5.08. The minimum atomic E-state index is -0.224. The number of phenolic OH excluding ortho intramolecular Hbond substituents is 1. The Labute approximate surface area is 116 Å². The molecular weight excluding hydrogens is 256 g/mol. The number of Topliss-reactive ketones (excluding diaryl/α,β-unsaturated/α-hetero) is 1. The van der Waals surface area contributed by atoms with Gasteiger partial charge in [0.1, 0.15) is 5.75 Å². The number of phenols is 1. The first-order valence-corrected chi connectivity index (χ1v) is 6.50. The van der Waals surface area contributed by atoms with Gasteiger partial charge < -0.3 is 15.0 Å². The van der Waals surface area contributed by atoms with E-state index in [1.807, 2.05) is 13.8 Å². The molecule has 0 aliphatic rings. The van der Waals surface area contributed by atoms with Crippen molar-refractivity contribution in [2.75, 3.05) is 6.54 Å². The molecule has 0 aliphatic carbocycles. The third-order valence-corrected chi connectivity index (χ3v) is 3.23. The Morgan fingerprint density at radius 1 is 1.30 bits per heavy atom. The number of hydrogen-bond donors (Lipinski definition) is 2. The van der Waals surface area contributed by atoms with Gasteiger partial charge in [0.15, 0.2) is 5.78 Å². The van der Waals surface area contributed by atoms with Gasteiger partial charge in [-0.05, 0) is 18.2 Å². The van der Waals surface area contributed by atoms with E-state index in [-0.39, 0.29) is 29.7 Å². The summed E-state index contributed by atoms with van der Waals surface area (Å²) in [7, 11) is 1.57. The van der Waals surface area contributed by atoms with Crippen LogP contribution < -0.4 is 10.9 Å². The van der Waals surface area contributed by atoms with Gasteiger partial charge in [0.05, 0.1) is 12.1 Å². The van der Waals surface area contributed by atoms with Crippen LogP contribution in [0, 0.1) is 0 Å². The number of nitrogens with one attached hydrogen (secondary N) is 1. The number of hydrogen-bond acceptors (Lipinski definition) is 4. The summed E-state index contributed by atoms with van der Waals surface area (Å²) in [6.45, 7) is 4.15. The molecule has 2 N–H and O–H groups in total. The van der Waals surface area contributed by atoms with Crippen LogP contribution in [-0.2, 0) is 7.05 Å². The first-order valence-electron chi connectivity index (χ1n) is 6.50. The van der Waals surface area contributed by atoms with Crippen LogP contribution in [0.1, 0.15) is 24.2 Å². The first kappa shape index (κ1) is 14.3. The molecule has 20 heavy (non-hydrogen) atoms. The molecule has 0 spiro atoms. The van der Waals surface area contributed by atoms with Crippen LogP contribution in [0.2, 0.25) is 0 Å². The third kappa shape index (κ3) is 2.58. The fourth-order valence-corrected chi connectivity index (χ4v) is 2.13. The van der Waals surface area contributed by atoms with E-state index in [9.17, 15) is 14.7 Å². The molecule has 106 valence electrons.